The Morgan fingerprint density at radius 3 is 2.50 bits per heavy atom. The molecular formula is C20H21FN2O3. The van der Waals surface area contributed by atoms with Crippen LogP contribution in [-0.2, 0) is 16.0 Å². The van der Waals surface area contributed by atoms with Gasteiger partial charge in [-0.25, -0.2) is 4.39 Å². The van der Waals surface area contributed by atoms with Crippen molar-refractivity contribution in [1.82, 2.24) is 5.32 Å². The molecule has 1 aliphatic carbocycles. The molecule has 6 heteroatoms. The molecule has 26 heavy (non-hydrogen) atoms. The molecule has 2 unspecified atom stereocenters. The average molecular weight is 356 g/mol. The number of methoxy groups -OCH3 is 1. The van der Waals surface area contributed by atoms with E-state index in [0.717, 1.165) is 11.3 Å². The summed E-state index contributed by atoms with van der Waals surface area (Å²) in [7, 11) is 1.62. The van der Waals surface area contributed by atoms with E-state index in [0.29, 0.717) is 25.1 Å². The predicted octanol–water partition coefficient (Wildman–Crippen LogP) is 2.77. The number of amides is 2. The largest absolute Gasteiger partial charge is 0.496 e. The van der Waals surface area contributed by atoms with E-state index < -0.39 is 0 Å². The lowest BCUT2D eigenvalue weighted by Crippen LogP contribution is -2.29. The van der Waals surface area contributed by atoms with E-state index in [4.69, 9.17) is 4.74 Å². The molecular weight excluding hydrogens is 335 g/mol. The zero-order valence-corrected chi connectivity index (χ0v) is 14.5. The zero-order chi connectivity index (χ0) is 18.5. The van der Waals surface area contributed by atoms with Crippen molar-refractivity contribution < 1.29 is 18.7 Å². The van der Waals surface area contributed by atoms with Gasteiger partial charge < -0.3 is 15.4 Å². The third-order valence-corrected chi connectivity index (χ3v) is 4.46. The van der Waals surface area contributed by atoms with Crippen LogP contribution < -0.4 is 15.4 Å². The lowest BCUT2D eigenvalue weighted by atomic mass is 10.1. The van der Waals surface area contributed by atoms with E-state index in [1.54, 1.807) is 7.11 Å². The molecule has 2 N–H and O–H groups in total. The van der Waals surface area contributed by atoms with Crippen molar-refractivity contribution in [1.29, 1.82) is 0 Å². The van der Waals surface area contributed by atoms with Crippen LogP contribution >= 0.6 is 0 Å². The molecule has 136 valence electrons. The first-order valence-corrected chi connectivity index (χ1v) is 8.54. The van der Waals surface area contributed by atoms with Gasteiger partial charge in [0.05, 0.1) is 18.9 Å². The minimum Gasteiger partial charge on any atom is -0.496 e. The Morgan fingerprint density at radius 2 is 1.77 bits per heavy atom. The van der Waals surface area contributed by atoms with Crippen molar-refractivity contribution in [3.8, 4) is 5.75 Å². The summed E-state index contributed by atoms with van der Waals surface area (Å²) < 4.78 is 18.2. The maximum atomic E-state index is 12.9. The lowest BCUT2D eigenvalue weighted by Gasteiger charge is -2.09. The number of nitrogens with one attached hydrogen (secondary N) is 2. The van der Waals surface area contributed by atoms with E-state index in [9.17, 15) is 14.0 Å². The van der Waals surface area contributed by atoms with E-state index in [1.165, 1.54) is 24.3 Å². The average Bonchev–Trinajstić information content (AvgIpc) is 3.45. The van der Waals surface area contributed by atoms with Crippen LogP contribution in [0, 0.1) is 17.7 Å². The summed E-state index contributed by atoms with van der Waals surface area (Å²) in [5, 5.41) is 5.59. The number of benzene rings is 2. The fourth-order valence-electron chi connectivity index (χ4n) is 2.90. The monoisotopic (exact) mass is 356 g/mol. The molecule has 0 radical (unpaired) electrons. The second-order valence-electron chi connectivity index (χ2n) is 6.30. The first kappa shape index (κ1) is 17.9. The van der Waals surface area contributed by atoms with E-state index in [2.05, 4.69) is 10.6 Å². The van der Waals surface area contributed by atoms with Crippen LogP contribution in [0.4, 0.5) is 10.1 Å². The lowest BCUT2D eigenvalue weighted by molar-refractivity contribution is -0.125. The minimum absolute atomic E-state index is 0.112. The number of carbonyl (C=O) groups excluding carboxylic acids is 2. The molecule has 3 rings (SSSR count). The van der Waals surface area contributed by atoms with Crippen LogP contribution in [0.25, 0.3) is 0 Å². The van der Waals surface area contributed by atoms with Gasteiger partial charge in [0.25, 0.3) is 0 Å². The first-order valence-electron chi connectivity index (χ1n) is 8.54. The maximum Gasteiger partial charge on any atom is 0.228 e. The fraction of sp³-hybridized carbons (Fsp3) is 0.300. The van der Waals surface area contributed by atoms with Gasteiger partial charge in [0, 0.05) is 12.2 Å². The maximum absolute atomic E-state index is 12.9. The van der Waals surface area contributed by atoms with Crippen molar-refractivity contribution >= 4 is 17.5 Å². The van der Waals surface area contributed by atoms with Gasteiger partial charge in [-0.1, -0.05) is 18.2 Å². The molecule has 0 aromatic heterocycles. The van der Waals surface area contributed by atoms with Gasteiger partial charge in [-0.3, -0.25) is 9.59 Å². The smallest absolute Gasteiger partial charge is 0.228 e. The molecule has 1 saturated carbocycles. The highest BCUT2D eigenvalue weighted by molar-refractivity contribution is 5.99. The standard InChI is InChI=1S/C20H21FN2O3/c1-26-18-5-3-2-4-13(18)10-11-22-19(24)16-12-17(16)20(25)23-15-8-6-14(21)7-9-15/h2-9,16-17H,10-12H2,1H3,(H,22,24)(H,23,25). The third kappa shape index (κ3) is 4.39. The van der Waals surface area contributed by atoms with Crippen LogP contribution in [0.3, 0.4) is 0 Å². The normalized spacial score (nSPS) is 18.1. The van der Waals surface area contributed by atoms with Gasteiger partial charge in [-0.2, -0.15) is 0 Å². The Morgan fingerprint density at radius 1 is 1.08 bits per heavy atom. The molecule has 2 aromatic rings. The summed E-state index contributed by atoms with van der Waals surface area (Å²) >= 11 is 0. The predicted molar refractivity (Wildman–Crippen MR) is 96.3 cm³/mol. The summed E-state index contributed by atoms with van der Waals surface area (Å²) in [6, 6.07) is 13.2. The quantitative estimate of drug-likeness (QED) is 0.802. The highest BCUT2D eigenvalue weighted by atomic mass is 19.1. The van der Waals surface area contributed by atoms with Crippen molar-refractivity contribution in [2.75, 3.05) is 19.0 Å². The third-order valence-electron chi connectivity index (χ3n) is 4.46. The molecule has 2 amide bonds. The van der Waals surface area contributed by atoms with Crippen LogP contribution in [0.15, 0.2) is 48.5 Å². The Labute approximate surface area is 151 Å². The Kier molecular flexibility index (Phi) is 5.51. The van der Waals surface area contributed by atoms with Crippen LogP contribution in [0.5, 0.6) is 5.75 Å². The topological polar surface area (TPSA) is 67.4 Å². The number of hydrogen-bond acceptors (Lipinski definition) is 3. The van der Waals surface area contributed by atoms with Crippen molar-refractivity contribution in [2.45, 2.75) is 12.8 Å². The fourth-order valence-corrected chi connectivity index (χ4v) is 2.90. The molecule has 0 spiro atoms. The SMILES string of the molecule is COc1ccccc1CCNC(=O)C1CC1C(=O)Nc1ccc(F)cc1. The zero-order valence-electron chi connectivity index (χ0n) is 14.5. The van der Waals surface area contributed by atoms with Crippen LogP contribution in [0.2, 0.25) is 0 Å². The first-order chi connectivity index (χ1) is 12.6. The minimum atomic E-state index is -0.360. The summed E-state index contributed by atoms with van der Waals surface area (Å²) in [5.41, 5.74) is 1.55. The summed E-state index contributed by atoms with van der Waals surface area (Å²) in [6.45, 7) is 0.488. The second kappa shape index (κ2) is 7.99. The number of para-hydroxylation sites is 1. The molecule has 1 fully saturated rings. The molecule has 2 atom stereocenters. The number of ether oxygens (including phenoxy) is 1. The molecule has 2 aromatic carbocycles. The van der Waals surface area contributed by atoms with E-state index >= 15 is 0 Å². The van der Waals surface area contributed by atoms with Crippen LogP contribution in [0.1, 0.15) is 12.0 Å². The number of halogens is 1. The Hall–Kier alpha value is -2.89. The molecule has 0 heterocycles. The number of carbonyl (C=O) groups is 2. The molecule has 1 aliphatic rings. The van der Waals surface area contributed by atoms with Gasteiger partial charge in [0.15, 0.2) is 0 Å². The van der Waals surface area contributed by atoms with Crippen molar-refractivity contribution in [2.24, 2.45) is 11.8 Å². The second-order valence-corrected chi connectivity index (χ2v) is 6.30. The number of hydrogen-bond donors (Lipinski definition) is 2. The van der Waals surface area contributed by atoms with Gasteiger partial charge in [-0.05, 0) is 48.7 Å². The molecule has 5 nitrogen and oxygen atoms in total. The van der Waals surface area contributed by atoms with Gasteiger partial charge in [0.1, 0.15) is 11.6 Å². The van der Waals surface area contributed by atoms with E-state index in [1.807, 2.05) is 24.3 Å². The number of anilines is 1. The highest BCUT2D eigenvalue weighted by Crippen LogP contribution is 2.39. The van der Waals surface area contributed by atoms with E-state index in [-0.39, 0.29) is 29.5 Å². The molecule has 0 aliphatic heterocycles. The molecule has 0 saturated heterocycles. The molecule has 0 bridgehead atoms. The van der Waals surface area contributed by atoms with Crippen LogP contribution in [-0.4, -0.2) is 25.5 Å². The van der Waals surface area contributed by atoms with Gasteiger partial charge in [-0.15, -0.1) is 0 Å². The Balaban J connectivity index is 1.43. The summed E-state index contributed by atoms with van der Waals surface area (Å²) in [5.74, 6) is -0.508. The summed E-state index contributed by atoms with van der Waals surface area (Å²) in [4.78, 5) is 24.3. The van der Waals surface area contributed by atoms with Gasteiger partial charge in [0.2, 0.25) is 11.8 Å². The van der Waals surface area contributed by atoms with Crippen molar-refractivity contribution in [3.63, 3.8) is 0 Å². The van der Waals surface area contributed by atoms with Crippen molar-refractivity contribution in [3.05, 3.63) is 59.9 Å². The van der Waals surface area contributed by atoms with Gasteiger partial charge >= 0.3 is 0 Å². The highest BCUT2D eigenvalue weighted by Gasteiger charge is 2.47. The number of rotatable bonds is 7. The summed E-state index contributed by atoms with van der Waals surface area (Å²) in [6.07, 6.45) is 1.20. The Bertz CT molecular complexity index is 792.